The highest BCUT2D eigenvalue weighted by molar-refractivity contribution is 6.42. The summed E-state index contributed by atoms with van der Waals surface area (Å²) in [6, 6.07) is 18.9. The van der Waals surface area contributed by atoms with Gasteiger partial charge in [0.25, 0.3) is 5.91 Å². The number of alkyl carbamates (subject to hydrolysis) is 1. The van der Waals surface area contributed by atoms with Gasteiger partial charge in [-0.3, -0.25) is 4.79 Å². The summed E-state index contributed by atoms with van der Waals surface area (Å²) in [5, 5.41) is 7.49. The smallest absolute Gasteiger partial charge is 0.408 e. The molecular formula is C30H33Cl2N3O6. The Kier molecular flexibility index (Phi) is 11.8. The maximum Gasteiger partial charge on any atom is 0.408 e. The van der Waals surface area contributed by atoms with E-state index in [1.807, 2.05) is 36.4 Å². The molecule has 0 unspecified atom stereocenters. The van der Waals surface area contributed by atoms with E-state index in [9.17, 15) is 9.59 Å². The largest absolute Gasteiger partial charge is 0.493 e. The van der Waals surface area contributed by atoms with E-state index in [0.29, 0.717) is 27.1 Å². The number of carbonyl (C=O) groups excluding carboxylic acids is 2. The Hall–Kier alpha value is -3.79. The number of methoxy groups -OCH3 is 1. The number of rotatable bonds is 12. The van der Waals surface area contributed by atoms with Crippen LogP contribution in [0.5, 0.6) is 11.5 Å². The third kappa shape index (κ3) is 11.0. The highest BCUT2D eigenvalue weighted by atomic mass is 35.5. The lowest BCUT2D eigenvalue weighted by Crippen LogP contribution is -2.49. The first-order valence-corrected chi connectivity index (χ1v) is 13.5. The molecule has 0 spiro atoms. The monoisotopic (exact) mass is 601 g/mol. The van der Waals surface area contributed by atoms with Crippen LogP contribution >= 0.6 is 23.2 Å². The van der Waals surface area contributed by atoms with Gasteiger partial charge in [0.2, 0.25) is 0 Å². The van der Waals surface area contributed by atoms with Crippen LogP contribution in [0.15, 0.2) is 71.8 Å². The standard InChI is InChI=1S/C30H33Cl2N3O6/c1-30(2,3)41-29(37)34-25(19-39-17-20-8-6-5-7-9-20)28(36)35-33-16-21-11-13-26(27(15-21)38-4)40-18-22-10-12-23(31)24(32)14-22/h5-16,25H,17-19H2,1-4H3,(H,34,37)(H,35,36)/b33-16-/t25-/m0/s1. The molecule has 0 saturated heterocycles. The van der Waals surface area contributed by atoms with Crippen molar-refractivity contribution in [1.82, 2.24) is 10.7 Å². The van der Waals surface area contributed by atoms with Crippen LogP contribution in [-0.2, 0) is 27.5 Å². The Balaban J connectivity index is 1.61. The second kappa shape index (κ2) is 15.3. The van der Waals surface area contributed by atoms with Crippen molar-refractivity contribution in [2.24, 2.45) is 5.10 Å². The topological polar surface area (TPSA) is 107 Å². The number of nitrogens with zero attached hydrogens (tertiary/aromatic N) is 1. The number of halogens is 2. The van der Waals surface area contributed by atoms with Gasteiger partial charge >= 0.3 is 6.09 Å². The Morgan fingerprint density at radius 3 is 2.37 bits per heavy atom. The van der Waals surface area contributed by atoms with Crippen molar-refractivity contribution in [3.8, 4) is 11.5 Å². The average Bonchev–Trinajstić information content (AvgIpc) is 2.93. The van der Waals surface area contributed by atoms with E-state index < -0.39 is 23.6 Å². The summed E-state index contributed by atoms with van der Waals surface area (Å²) in [6.45, 7) is 5.63. The molecule has 0 radical (unpaired) electrons. The molecule has 1 atom stereocenters. The van der Waals surface area contributed by atoms with E-state index in [0.717, 1.165) is 11.1 Å². The highest BCUT2D eigenvalue weighted by Gasteiger charge is 2.24. The zero-order valence-electron chi connectivity index (χ0n) is 23.3. The zero-order chi connectivity index (χ0) is 29.8. The van der Waals surface area contributed by atoms with Gasteiger partial charge in [0.15, 0.2) is 11.5 Å². The number of nitrogens with one attached hydrogen (secondary N) is 2. The Bertz CT molecular complexity index is 1350. The molecule has 0 aromatic heterocycles. The summed E-state index contributed by atoms with van der Waals surface area (Å²) >= 11 is 12.0. The van der Waals surface area contributed by atoms with Gasteiger partial charge in [0.1, 0.15) is 18.2 Å². The fourth-order valence-electron chi connectivity index (χ4n) is 3.42. The summed E-state index contributed by atoms with van der Waals surface area (Å²) in [5.41, 5.74) is 4.13. The molecule has 0 saturated carbocycles. The molecule has 0 fully saturated rings. The van der Waals surface area contributed by atoms with Crippen molar-refractivity contribution in [2.45, 2.75) is 45.6 Å². The summed E-state index contributed by atoms with van der Waals surface area (Å²) < 4.78 is 22.3. The van der Waals surface area contributed by atoms with E-state index in [2.05, 4.69) is 15.8 Å². The summed E-state index contributed by atoms with van der Waals surface area (Å²) in [6.07, 6.45) is 0.699. The molecule has 0 aliphatic rings. The molecule has 9 nitrogen and oxygen atoms in total. The molecule has 0 bridgehead atoms. The molecule has 3 aromatic carbocycles. The molecule has 218 valence electrons. The minimum absolute atomic E-state index is 0.0891. The van der Waals surface area contributed by atoms with Gasteiger partial charge in [-0.25, -0.2) is 10.2 Å². The van der Waals surface area contributed by atoms with Crippen molar-refractivity contribution in [1.29, 1.82) is 0 Å². The van der Waals surface area contributed by atoms with Crippen LogP contribution < -0.4 is 20.2 Å². The molecule has 3 aromatic rings. The van der Waals surface area contributed by atoms with E-state index in [4.69, 9.17) is 42.1 Å². The van der Waals surface area contributed by atoms with Crippen LogP contribution in [0.4, 0.5) is 4.79 Å². The first-order valence-electron chi connectivity index (χ1n) is 12.7. The van der Waals surface area contributed by atoms with Gasteiger partial charge in [-0.1, -0.05) is 59.6 Å². The third-order valence-corrected chi connectivity index (χ3v) is 6.10. The molecule has 3 rings (SSSR count). The molecule has 0 aliphatic heterocycles. The van der Waals surface area contributed by atoms with Crippen LogP contribution in [0.3, 0.4) is 0 Å². The number of carbonyl (C=O) groups is 2. The highest BCUT2D eigenvalue weighted by Crippen LogP contribution is 2.29. The number of hydrogen-bond acceptors (Lipinski definition) is 7. The van der Waals surface area contributed by atoms with E-state index in [1.165, 1.54) is 13.3 Å². The number of hydrogen-bond donors (Lipinski definition) is 2. The Morgan fingerprint density at radius 2 is 1.68 bits per heavy atom. The third-order valence-electron chi connectivity index (χ3n) is 5.36. The normalized spacial score (nSPS) is 12.0. The van der Waals surface area contributed by atoms with Gasteiger partial charge < -0.3 is 24.3 Å². The fourth-order valence-corrected chi connectivity index (χ4v) is 3.74. The molecule has 41 heavy (non-hydrogen) atoms. The molecule has 0 aliphatic carbocycles. The first-order chi connectivity index (χ1) is 19.5. The van der Waals surface area contributed by atoms with Crippen LogP contribution in [0, 0.1) is 0 Å². The SMILES string of the molecule is COc1cc(/C=N\NC(=O)[C@H](COCc2ccccc2)NC(=O)OC(C)(C)C)ccc1OCc1ccc(Cl)c(Cl)c1. The van der Waals surface area contributed by atoms with Crippen molar-refractivity contribution in [3.05, 3.63) is 93.5 Å². The van der Waals surface area contributed by atoms with Gasteiger partial charge in [-0.15, -0.1) is 0 Å². The van der Waals surface area contributed by atoms with Crippen LogP contribution in [0.1, 0.15) is 37.5 Å². The van der Waals surface area contributed by atoms with Crippen molar-refractivity contribution < 1.29 is 28.5 Å². The predicted octanol–water partition coefficient (Wildman–Crippen LogP) is 6.14. The number of hydrazone groups is 1. The van der Waals surface area contributed by atoms with Gasteiger partial charge in [-0.2, -0.15) is 5.10 Å². The van der Waals surface area contributed by atoms with Crippen LogP contribution in [0.2, 0.25) is 10.0 Å². The Labute approximate surface area is 249 Å². The van der Waals surface area contributed by atoms with Crippen LogP contribution in [-0.4, -0.2) is 43.6 Å². The minimum Gasteiger partial charge on any atom is -0.493 e. The minimum atomic E-state index is -1.04. The number of amides is 2. The van der Waals surface area contributed by atoms with Crippen molar-refractivity contribution in [3.63, 3.8) is 0 Å². The van der Waals surface area contributed by atoms with E-state index in [1.54, 1.807) is 51.1 Å². The lowest BCUT2D eigenvalue weighted by molar-refractivity contribution is -0.124. The molecule has 2 N–H and O–H groups in total. The maximum atomic E-state index is 12.9. The van der Waals surface area contributed by atoms with Crippen molar-refractivity contribution >= 4 is 41.4 Å². The second-order valence-electron chi connectivity index (χ2n) is 9.88. The van der Waals surface area contributed by atoms with E-state index in [-0.39, 0.29) is 19.8 Å². The molecule has 0 heterocycles. The quantitative estimate of drug-likeness (QED) is 0.191. The lowest BCUT2D eigenvalue weighted by atomic mass is 10.2. The summed E-state index contributed by atoms with van der Waals surface area (Å²) in [4.78, 5) is 25.2. The van der Waals surface area contributed by atoms with Gasteiger partial charge in [0, 0.05) is 0 Å². The van der Waals surface area contributed by atoms with Gasteiger partial charge in [-0.05, 0) is 67.8 Å². The number of ether oxygens (including phenoxy) is 4. The number of benzene rings is 3. The van der Waals surface area contributed by atoms with Crippen LogP contribution in [0.25, 0.3) is 0 Å². The lowest BCUT2D eigenvalue weighted by Gasteiger charge is -2.22. The molecular weight excluding hydrogens is 569 g/mol. The Morgan fingerprint density at radius 1 is 0.927 bits per heavy atom. The van der Waals surface area contributed by atoms with Crippen molar-refractivity contribution in [2.75, 3.05) is 13.7 Å². The second-order valence-corrected chi connectivity index (χ2v) is 10.7. The van der Waals surface area contributed by atoms with E-state index >= 15 is 0 Å². The predicted molar refractivity (Wildman–Crippen MR) is 159 cm³/mol. The maximum absolute atomic E-state index is 12.9. The summed E-state index contributed by atoms with van der Waals surface area (Å²) in [5.74, 6) is 0.407. The first kappa shape index (κ1) is 31.7. The molecule has 2 amide bonds. The average molecular weight is 603 g/mol. The molecule has 11 heteroatoms. The zero-order valence-corrected chi connectivity index (χ0v) is 24.8. The fraction of sp³-hybridized carbons (Fsp3) is 0.300. The summed E-state index contributed by atoms with van der Waals surface area (Å²) in [7, 11) is 1.52. The van der Waals surface area contributed by atoms with Gasteiger partial charge in [0.05, 0.1) is 36.6 Å².